The quantitative estimate of drug-likeness (QED) is 0.660. The van der Waals surface area contributed by atoms with Gasteiger partial charge in [-0.3, -0.25) is 4.98 Å². The summed E-state index contributed by atoms with van der Waals surface area (Å²) < 4.78 is 11.0. The van der Waals surface area contributed by atoms with Crippen LogP contribution in [0.25, 0.3) is 22.2 Å². The number of methoxy groups -OCH3 is 2. The van der Waals surface area contributed by atoms with Crippen molar-refractivity contribution in [2.45, 2.75) is 32.2 Å². The van der Waals surface area contributed by atoms with Crippen LogP contribution >= 0.6 is 11.6 Å². The lowest BCUT2D eigenvalue weighted by Gasteiger charge is -2.21. The Morgan fingerprint density at radius 1 is 1.20 bits per heavy atom. The fourth-order valence-corrected chi connectivity index (χ4v) is 4.59. The SMILES string of the molecule is COc1cc(OC)c(Cl)c(-c2cc3cnc(N)nc3c(CC3CCCN3C)n2)c1C. The van der Waals surface area contributed by atoms with Gasteiger partial charge in [0.05, 0.1) is 36.1 Å². The van der Waals surface area contributed by atoms with Gasteiger partial charge in [0.25, 0.3) is 0 Å². The van der Waals surface area contributed by atoms with Gasteiger partial charge in [-0.25, -0.2) is 9.97 Å². The highest BCUT2D eigenvalue weighted by molar-refractivity contribution is 6.35. The number of likely N-dealkylation sites (tertiary alicyclic amines) is 1. The highest BCUT2D eigenvalue weighted by Crippen LogP contribution is 2.43. The summed E-state index contributed by atoms with van der Waals surface area (Å²) in [7, 11) is 5.37. The number of fused-ring (bicyclic) bond motifs is 1. The molecule has 0 saturated carbocycles. The Hall–Kier alpha value is -2.64. The minimum absolute atomic E-state index is 0.246. The zero-order valence-corrected chi connectivity index (χ0v) is 18.5. The molecule has 3 heterocycles. The number of nitrogens with two attached hydrogens (primary N) is 1. The van der Waals surface area contributed by atoms with Crippen molar-refractivity contribution < 1.29 is 9.47 Å². The predicted octanol–water partition coefficient (Wildman–Crippen LogP) is 3.89. The number of aromatic nitrogens is 3. The van der Waals surface area contributed by atoms with Gasteiger partial charge in [0, 0.05) is 41.2 Å². The molecule has 2 N–H and O–H groups in total. The minimum atomic E-state index is 0.246. The van der Waals surface area contributed by atoms with E-state index in [0.717, 1.165) is 52.8 Å². The first kappa shape index (κ1) is 20.6. The maximum Gasteiger partial charge on any atom is 0.220 e. The summed E-state index contributed by atoms with van der Waals surface area (Å²) in [5.74, 6) is 1.48. The van der Waals surface area contributed by atoms with Crippen molar-refractivity contribution in [3.05, 3.63) is 34.6 Å². The average Bonchev–Trinajstić information content (AvgIpc) is 3.13. The van der Waals surface area contributed by atoms with Gasteiger partial charge in [0.1, 0.15) is 11.5 Å². The number of likely N-dealkylation sites (N-methyl/N-ethyl adjacent to an activating group) is 1. The number of pyridine rings is 1. The van der Waals surface area contributed by atoms with Gasteiger partial charge in [0.2, 0.25) is 5.95 Å². The third-order valence-corrected chi connectivity index (χ3v) is 6.27. The van der Waals surface area contributed by atoms with E-state index < -0.39 is 0 Å². The van der Waals surface area contributed by atoms with Crippen LogP contribution < -0.4 is 15.2 Å². The molecule has 0 bridgehead atoms. The Bertz CT molecular complexity index is 1080. The van der Waals surface area contributed by atoms with E-state index in [2.05, 4.69) is 21.9 Å². The number of hydrogen-bond acceptors (Lipinski definition) is 7. The molecule has 1 aromatic carbocycles. The van der Waals surface area contributed by atoms with Crippen LogP contribution in [-0.2, 0) is 6.42 Å². The normalized spacial score (nSPS) is 16.9. The third-order valence-electron chi connectivity index (χ3n) is 5.90. The zero-order valence-electron chi connectivity index (χ0n) is 17.7. The van der Waals surface area contributed by atoms with Gasteiger partial charge in [-0.15, -0.1) is 0 Å². The molecule has 0 radical (unpaired) electrons. The predicted molar refractivity (Wildman–Crippen MR) is 119 cm³/mol. The fourth-order valence-electron chi connectivity index (χ4n) is 4.22. The number of ether oxygens (including phenoxy) is 2. The van der Waals surface area contributed by atoms with Crippen LogP contribution in [-0.4, -0.2) is 53.7 Å². The first-order valence-corrected chi connectivity index (χ1v) is 10.3. The molecule has 1 atom stereocenters. The topological polar surface area (TPSA) is 86.4 Å². The van der Waals surface area contributed by atoms with Gasteiger partial charge in [-0.2, -0.15) is 0 Å². The summed E-state index contributed by atoms with van der Waals surface area (Å²) in [5.41, 5.74) is 10.00. The summed E-state index contributed by atoms with van der Waals surface area (Å²) in [5, 5.41) is 1.38. The molecule has 0 spiro atoms. The molecule has 0 aliphatic carbocycles. The Morgan fingerprint density at radius 3 is 2.63 bits per heavy atom. The van der Waals surface area contributed by atoms with Gasteiger partial charge < -0.3 is 20.1 Å². The number of rotatable bonds is 5. The molecule has 158 valence electrons. The van der Waals surface area contributed by atoms with E-state index in [0.29, 0.717) is 22.6 Å². The van der Waals surface area contributed by atoms with E-state index in [1.54, 1.807) is 26.5 Å². The largest absolute Gasteiger partial charge is 0.496 e. The lowest BCUT2D eigenvalue weighted by Crippen LogP contribution is -2.27. The molecule has 1 aliphatic heterocycles. The molecule has 0 amide bonds. The van der Waals surface area contributed by atoms with Gasteiger partial charge in [0.15, 0.2) is 0 Å². The lowest BCUT2D eigenvalue weighted by atomic mass is 10.00. The highest BCUT2D eigenvalue weighted by Gasteiger charge is 2.25. The zero-order chi connectivity index (χ0) is 21.4. The molecule has 3 aromatic rings. The van der Waals surface area contributed by atoms with Crippen LogP contribution in [0, 0.1) is 6.92 Å². The van der Waals surface area contributed by atoms with Crippen molar-refractivity contribution >= 4 is 28.5 Å². The fraction of sp³-hybridized carbons (Fsp3) is 0.409. The molecular formula is C22H26ClN5O2. The van der Waals surface area contributed by atoms with E-state index in [-0.39, 0.29) is 5.95 Å². The number of nitrogens with zero attached hydrogens (tertiary/aromatic N) is 4. The van der Waals surface area contributed by atoms with Crippen molar-refractivity contribution in [3.8, 4) is 22.8 Å². The maximum atomic E-state index is 6.72. The molecule has 1 aliphatic rings. The first-order valence-electron chi connectivity index (χ1n) is 9.96. The molecule has 8 heteroatoms. The van der Waals surface area contributed by atoms with E-state index >= 15 is 0 Å². The molecular weight excluding hydrogens is 402 g/mol. The van der Waals surface area contributed by atoms with Crippen LogP contribution in [0.2, 0.25) is 5.02 Å². The second-order valence-electron chi connectivity index (χ2n) is 7.70. The van der Waals surface area contributed by atoms with Crippen molar-refractivity contribution in [1.29, 1.82) is 0 Å². The number of nitrogen functional groups attached to an aromatic ring is 1. The summed E-state index contributed by atoms with van der Waals surface area (Å²) in [4.78, 5) is 16.1. The lowest BCUT2D eigenvalue weighted by molar-refractivity contribution is 0.308. The smallest absolute Gasteiger partial charge is 0.220 e. The van der Waals surface area contributed by atoms with Crippen LogP contribution in [0.3, 0.4) is 0 Å². The van der Waals surface area contributed by atoms with Gasteiger partial charge in [-0.05, 0) is 39.4 Å². The molecule has 4 rings (SSSR count). The summed E-state index contributed by atoms with van der Waals surface area (Å²) >= 11 is 6.72. The van der Waals surface area contributed by atoms with Crippen molar-refractivity contribution in [2.24, 2.45) is 0 Å². The molecule has 2 aromatic heterocycles. The van der Waals surface area contributed by atoms with Gasteiger partial charge >= 0.3 is 0 Å². The van der Waals surface area contributed by atoms with Crippen molar-refractivity contribution in [2.75, 3.05) is 33.5 Å². The number of hydrogen-bond donors (Lipinski definition) is 1. The van der Waals surface area contributed by atoms with E-state index in [1.165, 1.54) is 6.42 Å². The van der Waals surface area contributed by atoms with Crippen LogP contribution in [0.5, 0.6) is 11.5 Å². The standard InChI is InChI=1S/C22H26ClN5O2/c1-12-17(29-3)10-18(30-4)20(23)19(12)15-8-13-11-25-22(24)27-21(13)16(26-15)9-14-6-5-7-28(14)2/h8,10-11,14H,5-7,9H2,1-4H3,(H2,24,25,27). The summed E-state index contributed by atoms with van der Waals surface area (Å²) in [6, 6.07) is 4.16. The third kappa shape index (κ3) is 3.63. The Morgan fingerprint density at radius 2 is 1.97 bits per heavy atom. The number of benzene rings is 1. The van der Waals surface area contributed by atoms with E-state index in [1.807, 2.05) is 13.0 Å². The van der Waals surface area contributed by atoms with Crippen LogP contribution in [0.1, 0.15) is 24.1 Å². The molecule has 7 nitrogen and oxygen atoms in total. The second-order valence-corrected chi connectivity index (χ2v) is 8.07. The van der Waals surface area contributed by atoms with Crippen molar-refractivity contribution in [1.82, 2.24) is 19.9 Å². The van der Waals surface area contributed by atoms with E-state index in [9.17, 15) is 0 Å². The Kier molecular flexibility index (Phi) is 5.66. The molecule has 1 unspecified atom stereocenters. The summed E-state index contributed by atoms with van der Waals surface area (Å²) in [6.07, 6.45) is 4.85. The van der Waals surface area contributed by atoms with Crippen molar-refractivity contribution in [3.63, 3.8) is 0 Å². The average molecular weight is 428 g/mol. The van der Waals surface area contributed by atoms with Crippen LogP contribution in [0.15, 0.2) is 18.3 Å². The monoisotopic (exact) mass is 427 g/mol. The number of anilines is 1. The summed E-state index contributed by atoms with van der Waals surface area (Å²) in [6.45, 7) is 3.06. The molecule has 1 fully saturated rings. The molecule has 1 saturated heterocycles. The maximum absolute atomic E-state index is 6.72. The Balaban J connectivity index is 1.93. The van der Waals surface area contributed by atoms with Gasteiger partial charge in [-0.1, -0.05) is 11.6 Å². The van der Waals surface area contributed by atoms with Crippen LogP contribution in [0.4, 0.5) is 5.95 Å². The first-order chi connectivity index (χ1) is 14.4. The number of halogens is 1. The highest BCUT2D eigenvalue weighted by atomic mass is 35.5. The Labute approximate surface area is 181 Å². The second kappa shape index (κ2) is 8.24. The molecule has 30 heavy (non-hydrogen) atoms. The minimum Gasteiger partial charge on any atom is -0.496 e. The van der Waals surface area contributed by atoms with E-state index in [4.69, 9.17) is 31.8 Å².